The normalized spacial score (nSPS) is 15.0. The molecule has 0 atom stereocenters. The van der Waals surface area contributed by atoms with Crippen molar-refractivity contribution in [3.05, 3.63) is 42.7 Å². The molecule has 0 spiro atoms. The minimum atomic E-state index is -0.535. The van der Waals surface area contributed by atoms with Gasteiger partial charge in [-0.1, -0.05) is 19.3 Å². The van der Waals surface area contributed by atoms with Crippen molar-refractivity contribution in [3.63, 3.8) is 0 Å². The number of nitrogens with two attached hydrogens (primary N) is 1. The highest BCUT2D eigenvalue weighted by Gasteiger charge is 2.10. The largest absolute Gasteiger partial charge is 0.381 e. The van der Waals surface area contributed by atoms with Crippen LogP contribution in [0.1, 0.15) is 42.6 Å². The average molecular weight is 302 g/mol. The van der Waals surface area contributed by atoms with Crippen LogP contribution in [-0.2, 0) is 4.74 Å². The summed E-state index contributed by atoms with van der Waals surface area (Å²) < 4.78 is 6.96. The zero-order valence-corrected chi connectivity index (χ0v) is 12.8. The summed E-state index contributed by atoms with van der Waals surface area (Å²) in [5.74, 6) is -0.535. The molecule has 3 rings (SSSR count). The lowest BCUT2D eigenvalue weighted by Crippen LogP contribution is -2.13. The summed E-state index contributed by atoms with van der Waals surface area (Å²) >= 11 is 0. The molecule has 2 heterocycles. The summed E-state index contributed by atoms with van der Waals surface area (Å²) in [6.45, 7) is 0. The molecule has 1 aliphatic rings. The van der Waals surface area contributed by atoms with E-state index in [9.17, 15) is 4.79 Å². The molecule has 1 aliphatic carbocycles. The van der Waals surface area contributed by atoms with E-state index in [1.54, 1.807) is 35.4 Å². The summed E-state index contributed by atoms with van der Waals surface area (Å²) in [7, 11) is 1.82. The van der Waals surface area contributed by atoms with Crippen LogP contribution in [0.2, 0.25) is 0 Å². The van der Waals surface area contributed by atoms with Gasteiger partial charge in [0.2, 0.25) is 0 Å². The molecule has 1 fully saturated rings. The minimum absolute atomic E-state index is 0.246. The van der Waals surface area contributed by atoms with Gasteiger partial charge in [-0.05, 0) is 25.0 Å². The smallest absolute Gasteiger partial charge is 0.267 e. The number of nitrogens with zero attached hydrogens (tertiary/aromatic N) is 3. The van der Waals surface area contributed by atoms with Crippen LogP contribution in [0.5, 0.6) is 0 Å². The molecule has 1 saturated carbocycles. The van der Waals surface area contributed by atoms with Gasteiger partial charge in [-0.25, -0.2) is 4.98 Å². The standard InChI is InChI=1S/C9H8N4O.C7H14O/c10-9(14)8-5-7(1-2-12-8)13-4-3-11-6-13;1-8-7-5-3-2-4-6-7/h1-6H,(H2,10,14);7H,2-6H2,1H3. The molecule has 0 unspecified atom stereocenters. The lowest BCUT2D eigenvalue weighted by atomic mass is 9.98. The Kier molecular flexibility index (Phi) is 6.09. The van der Waals surface area contributed by atoms with Gasteiger partial charge in [0.1, 0.15) is 5.69 Å². The summed E-state index contributed by atoms with van der Waals surface area (Å²) in [5.41, 5.74) is 6.17. The molecule has 1 amide bonds. The number of amides is 1. The zero-order valence-electron chi connectivity index (χ0n) is 12.8. The molecular weight excluding hydrogens is 280 g/mol. The predicted octanol–water partition coefficient (Wildman–Crippen LogP) is 2.33. The van der Waals surface area contributed by atoms with Gasteiger partial charge in [0.05, 0.1) is 18.1 Å². The van der Waals surface area contributed by atoms with E-state index in [1.165, 1.54) is 38.3 Å². The van der Waals surface area contributed by atoms with Crippen molar-refractivity contribution in [2.75, 3.05) is 7.11 Å². The van der Waals surface area contributed by atoms with E-state index >= 15 is 0 Å². The summed E-state index contributed by atoms with van der Waals surface area (Å²) in [5, 5.41) is 0. The maximum absolute atomic E-state index is 10.9. The molecule has 0 saturated heterocycles. The van der Waals surface area contributed by atoms with E-state index in [0.717, 1.165) is 5.69 Å². The number of carbonyl (C=O) groups excluding carboxylic acids is 1. The Morgan fingerprint density at radius 2 is 2.09 bits per heavy atom. The van der Waals surface area contributed by atoms with Gasteiger partial charge in [-0.3, -0.25) is 9.78 Å². The maximum Gasteiger partial charge on any atom is 0.267 e. The molecule has 2 N–H and O–H groups in total. The highest BCUT2D eigenvalue weighted by Crippen LogP contribution is 2.19. The lowest BCUT2D eigenvalue weighted by Gasteiger charge is -2.19. The molecule has 6 heteroatoms. The second kappa shape index (κ2) is 8.29. The number of methoxy groups -OCH3 is 1. The van der Waals surface area contributed by atoms with E-state index in [0.29, 0.717) is 6.10 Å². The topological polar surface area (TPSA) is 83.0 Å². The first-order chi connectivity index (χ1) is 10.7. The average Bonchev–Trinajstić information content (AvgIpc) is 3.11. The van der Waals surface area contributed by atoms with Crippen molar-refractivity contribution >= 4 is 5.91 Å². The minimum Gasteiger partial charge on any atom is -0.381 e. The third kappa shape index (κ3) is 4.66. The van der Waals surface area contributed by atoms with E-state index < -0.39 is 5.91 Å². The van der Waals surface area contributed by atoms with Crippen LogP contribution in [0.4, 0.5) is 0 Å². The van der Waals surface area contributed by atoms with Crippen LogP contribution in [0, 0.1) is 0 Å². The Morgan fingerprint density at radius 3 is 2.64 bits per heavy atom. The van der Waals surface area contributed by atoms with Crippen molar-refractivity contribution in [2.24, 2.45) is 5.73 Å². The second-order valence-electron chi connectivity index (χ2n) is 5.23. The van der Waals surface area contributed by atoms with Crippen LogP contribution in [0.15, 0.2) is 37.1 Å². The molecule has 22 heavy (non-hydrogen) atoms. The Morgan fingerprint density at radius 1 is 1.32 bits per heavy atom. The van der Waals surface area contributed by atoms with E-state index in [-0.39, 0.29) is 5.69 Å². The quantitative estimate of drug-likeness (QED) is 0.943. The number of rotatable bonds is 3. The first-order valence-electron chi connectivity index (χ1n) is 7.47. The predicted molar refractivity (Wildman–Crippen MR) is 83.8 cm³/mol. The second-order valence-corrected chi connectivity index (χ2v) is 5.23. The van der Waals surface area contributed by atoms with E-state index in [1.807, 2.05) is 7.11 Å². The zero-order chi connectivity index (χ0) is 15.8. The first-order valence-corrected chi connectivity index (χ1v) is 7.47. The Balaban J connectivity index is 0.000000188. The fourth-order valence-corrected chi connectivity index (χ4v) is 2.43. The highest BCUT2D eigenvalue weighted by atomic mass is 16.5. The fourth-order valence-electron chi connectivity index (χ4n) is 2.43. The van der Waals surface area contributed by atoms with E-state index in [4.69, 9.17) is 10.5 Å². The van der Waals surface area contributed by atoms with Crippen LogP contribution in [0.3, 0.4) is 0 Å². The van der Waals surface area contributed by atoms with Gasteiger partial charge in [0, 0.05) is 25.7 Å². The molecule has 0 radical (unpaired) electrons. The van der Waals surface area contributed by atoms with Gasteiger partial charge < -0.3 is 15.0 Å². The van der Waals surface area contributed by atoms with Crippen molar-refractivity contribution in [2.45, 2.75) is 38.2 Å². The van der Waals surface area contributed by atoms with Crippen LogP contribution >= 0.6 is 0 Å². The Bertz CT molecular complexity index is 578. The van der Waals surface area contributed by atoms with Gasteiger partial charge in [-0.2, -0.15) is 0 Å². The molecule has 2 aromatic rings. The van der Waals surface area contributed by atoms with Crippen LogP contribution in [-0.4, -0.2) is 33.7 Å². The molecule has 2 aromatic heterocycles. The molecule has 0 bridgehead atoms. The number of pyridine rings is 1. The molecular formula is C16H22N4O2. The van der Waals surface area contributed by atoms with Crippen LogP contribution < -0.4 is 5.73 Å². The van der Waals surface area contributed by atoms with Crippen LogP contribution in [0.25, 0.3) is 5.69 Å². The third-order valence-corrected chi connectivity index (χ3v) is 3.68. The monoisotopic (exact) mass is 302 g/mol. The summed E-state index contributed by atoms with van der Waals surface area (Å²) in [6.07, 6.45) is 13.9. The number of hydrogen-bond donors (Lipinski definition) is 1. The number of aromatic nitrogens is 3. The SMILES string of the molecule is COC1CCCCC1.NC(=O)c1cc(-n2ccnc2)ccn1. The molecule has 0 aliphatic heterocycles. The number of carbonyl (C=O) groups is 1. The number of ether oxygens (including phenoxy) is 1. The Labute approximate surface area is 130 Å². The van der Waals surface area contributed by atoms with Crippen molar-refractivity contribution in [3.8, 4) is 5.69 Å². The number of primary amides is 1. The molecule has 118 valence electrons. The number of hydrogen-bond acceptors (Lipinski definition) is 4. The van der Waals surface area contributed by atoms with Crippen molar-refractivity contribution in [1.82, 2.24) is 14.5 Å². The number of imidazole rings is 1. The van der Waals surface area contributed by atoms with Gasteiger partial charge in [-0.15, -0.1) is 0 Å². The van der Waals surface area contributed by atoms with Crippen molar-refractivity contribution in [1.29, 1.82) is 0 Å². The summed E-state index contributed by atoms with van der Waals surface area (Å²) in [6, 6.07) is 3.39. The summed E-state index contributed by atoms with van der Waals surface area (Å²) in [4.78, 5) is 18.6. The highest BCUT2D eigenvalue weighted by molar-refractivity contribution is 5.91. The first kappa shape index (κ1) is 16.2. The van der Waals surface area contributed by atoms with E-state index in [2.05, 4.69) is 9.97 Å². The lowest BCUT2D eigenvalue weighted by molar-refractivity contribution is 0.0710. The Hall–Kier alpha value is -2.21. The third-order valence-electron chi connectivity index (χ3n) is 3.68. The van der Waals surface area contributed by atoms with Gasteiger partial charge >= 0.3 is 0 Å². The van der Waals surface area contributed by atoms with Gasteiger partial charge in [0.25, 0.3) is 5.91 Å². The maximum atomic E-state index is 10.9. The van der Waals surface area contributed by atoms with Crippen molar-refractivity contribution < 1.29 is 9.53 Å². The molecule has 6 nitrogen and oxygen atoms in total. The fraction of sp³-hybridized carbons (Fsp3) is 0.438. The van der Waals surface area contributed by atoms with Gasteiger partial charge in [0.15, 0.2) is 0 Å². The molecule has 0 aromatic carbocycles.